The van der Waals surface area contributed by atoms with Crippen molar-refractivity contribution in [1.29, 1.82) is 0 Å². The van der Waals surface area contributed by atoms with E-state index in [1.54, 1.807) is 36.4 Å². The summed E-state index contributed by atoms with van der Waals surface area (Å²) in [5.74, 6) is 0.703. The van der Waals surface area contributed by atoms with E-state index in [9.17, 15) is 13.5 Å². The summed E-state index contributed by atoms with van der Waals surface area (Å²) < 4.78 is 30.4. The number of phenols is 1. The van der Waals surface area contributed by atoms with Crippen molar-refractivity contribution >= 4 is 34.0 Å². The zero-order valence-electron chi connectivity index (χ0n) is 17.8. The minimum atomic E-state index is -3.84. The summed E-state index contributed by atoms with van der Waals surface area (Å²) >= 11 is 0. The summed E-state index contributed by atoms with van der Waals surface area (Å²) in [5.41, 5.74) is 2.80. The van der Waals surface area contributed by atoms with Crippen molar-refractivity contribution in [2.75, 3.05) is 31.1 Å². The molecule has 3 aromatic rings. The van der Waals surface area contributed by atoms with Crippen LogP contribution in [0.5, 0.6) is 5.75 Å². The summed E-state index contributed by atoms with van der Waals surface area (Å²) in [4.78, 5) is 4.43. The minimum Gasteiger partial charge on any atom is -0.508 e. The molecule has 0 saturated carbocycles. The summed E-state index contributed by atoms with van der Waals surface area (Å²) in [6, 6.07) is 23.3. The highest BCUT2D eigenvalue weighted by atomic mass is 35.5. The Morgan fingerprint density at radius 3 is 2.03 bits per heavy atom. The van der Waals surface area contributed by atoms with Gasteiger partial charge in [0.05, 0.1) is 4.90 Å². The first-order valence-corrected chi connectivity index (χ1v) is 11.6. The van der Waals surface area contributed by atoms with Gasteiger partial charge in [0.1, 0.15) is 11.6 Å². The Bertz CT molecular complexity index is 1160. The van der Waals surface area contributed by atoms with Gasteiger partial charge in [-0.3, -0.25) is 0 Å². The fourth-order valence-electron chi connectivity index (χ4n) is 3.60. The van der Waals surface area contributed by atoms with Crippen molar-refractivity contribution in [3.8, 4) is 5.75 Å². The molecule has 0 aromatic heterocycles. The molecule has 0 radical (unpaired) electrons. The molecule has 1 N–H and O–H groups in total. The average Bonchev–Trinajstić information content (AvgIpc) is 2.79. The largest absolute Gasteiger partial charge is 0.508 e. The molecular weight excluding hydrogens is 446 g/mol. The smallest absolute Gasteiger partial charge is 0.284 e. The van der Waals surface area contributed by atoms with E-state index >= 15 is 0 Å². The van der Waals surface area contributed by atoms with Gasteiger partial charge in [0.25, 0.3) is 10.0 Å². The van der Waals surface area contributed by atoms with Gasteiger partial charge >= 0.3 is 0 Å². The fraction of sp³-hybridized carbons (Fsp3) is 0.208. The predicted octanol–water partition coefficient (Wildman–Crippen LogP) is 4.08. The lowest BCUT2D eigenvalue weighted by Gasteiger charge is -2.37. The second-order valence-corrected chi connectivity index (χ2v) is 9.16. The highest BCUT2D eigenvalue weighted by Crippen LogP contribution is 2.22. The number of halogens is 1. The van der Waals surface area contributed by atoms with Crippen molar-refractivity contribution in [1.82, 2.24) is 4.90 Å². The number of sulfonamides is 1. The fourth-order valence-corrected chi connectivity index (χ4v) is 4.63. The van der Waals surface area contributed by atoms with Crippen molar-refractivity contribution in [2.45, 2.75) is 11.8 Å². The van der Waals surface area contributed by atoms with Gasteiger partial charge in [-0.15, -0.1) is 16.8 Å². The molecule has 168 valence electrons. The molecule has 1 saturated heterocycles. The lowest BCUT2D eigenvalue weighted by atomic mass is 10.1. The SMILES string of the molecule is Cc1ccc(S(=O)(=O)N=C(c2ccccc2)N2CCN(c3ccc(O)cc3)CC2)cc1.Cl. The predicted molar refractivity (Wildman–Crippen MR) is 130 cm³/mol. The van der Waals surface area contributed by atoms with Crippen molar-refractivity contribution in [3.05, 3.63) is 90.0 Å². The molecule has 0 atom stereocenters. The zero-order chi connectivity index (χ0) is 21.8. The minimum absolute atomic E-state index is 0. The number of anilines is 1. The number of benzene rings is 3. The molecule has 1 fully saturated rings. The van der Waals surface area contributed by atoms with Crippen LogP contribution in [-0.2, 0) is 10.0 Å². The molecule has 6 nitrogen and oxygen atoms in total. The van der Waals surface area contributed by atoms with Gasteiger partial charge < -0.3 is 14.9 Å². The maximum Gasteiger partial charge on any atom is 0.284 e. The van der Waals surface area contributed by atoms with Gasteiger partial charge in [0, 0.05) is 37.4 Å². The van der Waals surface area contributed by atoms with Gasteiger partial charge in [0.15, 0.2) is 0 Å². The number of hydrogen-bond donors (Lipinski definition) is 1. The van der Waals surface area contributed by atoms with Crippen molar-refractivity contribution in [2.24, 2.45) is 4.40 Å². The lowest BCUT2D eigenvalue weighted by molar-refractivity contribution is 0.386. The van der Waals surface area contributed by atoms with Gasteiger partial charge in [-0.1, -0.05) is 48.0 Å². The summed E-state index contributed by atoms with van der Waals surface area (Å²) in [6.45, 7) is 4.64. The van der Waals surface area contributed by atoms with Crippen LogP contribution in [0.4, 0.5) is 5.69 Å². The van der Waals surface area contributed by atoms with Crippen LogP contribution in [0.2, 0.25) is 0 Å². The first kappa shape index (κ1) is 23.6. The summed E-state index contributed by atoms with van der Waals surface area (Å²) in [5, 5.41) is 9.51. The molecule has 1 aliphatic rings. The molecule has 1 aliphatic heterocycles. The molecule has 0 unspecified atom stereocenters. The normalized spacial score (nSPS) is 14.7. The van der Waals surface area contributed by atoms with Crippen LogP contribution < -0.4 is 4.90 Å². The summed E-state index contributed by atoms with van der Waals surface area (Å²) in [7, 11) is -3.84. The number of phenolic OH excluding ortho intramolecular Hbond substituents is 1. The maximum absolute atomic E-state index is 13.0. The Morgan fingerprint density at radius 1 is 0.844 bits per heavy atom. The molecule has 4 rings (SSSR count). The van der Waals surface area contributed by atoms with Crippen LogP contribution in [-0.4, -0.2) is 50.4 Å². The van der Waals surface area contributed by atoms with Crippen LogP contribution in [0.15, 0.2) is 88.2 Å². The van der Waals surface area contributed by atoms with Crippen LogP contribution in [0.25, 0.3) is 0 Å². The standard InChI is InChI=1S/C24H25N3O3S.ClH/c1-19-7-13-23(14-8-19)31(29,30)25-24(20-5-3-2-4-6-20)27-17-15-26(16-18-27)21-9-11-22(28)12-10-21;/h2-14,28H,15-18H2,1H3;1H. The van der Waals surface area contributed by atoms with Crippen LogP contribution in [0, 0.1) is 6.92 Å². The number of aryl methyl sites for hydroxylation is 1. The maximum atomic E-state index is 13.0. The van der Waals surface area contributed by atoms with Crippen LogP contribution in [0.3, 0.4) is 0 Å². The molecule has 32 heavy (non-hydrogen) atoms. The molecular formula is C24H26ClN3O3S. The monoisotopic (exact) mass is 471 g/mol. The van der Waals surface area contributed by atoms with E-state index in [1.807, 2.05) is 54.3 Å². The first-order chi connectivity index (χ1) is 14.9. The zero-order valence-corrected chi connectivity index (χ0v) is 19.4. The Balaban J connectivity index is 0.00000289. The Labute approximate surface area is 195 Å². The molecule has 3 aromatic carbocycles. The van der Waals surface area contributed by atoms with Crippen LogP contribution >= 0.6 is 12.4 Å². The topological polar surface area (TPSA) is 73.2 Å². The van der Waals surface area contributed by atoms with E-state index in [1.165, 1.54) is 0 Å². The Kier molecular flexibility index (Phi) is 7.43. The third kappa shape index (κ3) is 5.41. The number of amidine groups is 1. The number of nitrogens with zero attached hydrogens (tertiary/aromatic N) is 3. The van der Waals surface area contributed by atoms with E-state index in [-0.39, 0.29) is 23.1 Å². The van der Waals surface area contributed by atoms with Crippen LogP contribution in [0.1, 0.15) is 11.1 Å². The molecule has 0 amide bonds. The third-order valence-electron chi connectivity index (χ3n) is 5.35. The van der Waals surface area contributed by atoms with E-state index in [2.05, 4.69) is 9.30 Å². The van der Waals surface area contributed by atoms with Gasteiger partial charge in [-0.25, -0.2) is 0 Å². The number of aromatic hydroxyl groups is 1. The molecule has 0 spiro atoms. The number of hydrogen-bond acceptors (Lipinski definition) is 4. The van der Waals surface area contributed by atoms with E-state index in [0.29, 0.717) is 18.9 Å². The van der Waals surface area contributed by atoms with E-state index in [0.717, 1.165) is 29.9 Å². The van der Waals surface area contributed by atoms with Crippen molar-refractivity contribution < 1.29 is 13.5 Å². The second-order valence-electron chi connectivity index (χ2n) is 7.56. The Hall–Kier alpha value is -3.03. The van der Waals surface area contributed by atoms with Gasteiger partial charge in [0.2, 0.25) is 0 Å². The number of rotatable bonds is 4. The van der Waals surface area contributed by atoms with Gasteiger partial charge in [-0.05, 0) is 43.3 Å². The highest BCUT2D eigenvalue weighted by Gasteiger charge is 2.24. The first-order valence-electron chi connectivity index (χ1n) is 10.2. The Morgan fingerprint density at radius 2 is 1.44 bits per heavy atom. The van der Waals surface area contributed by atoms with E-state index < -0.39 is 10.0 Å². The summed E-state index contributed by atoms with van der Waals surface area (Å²) in [6.07, 6.45) is 0. The molecule has 1 heterocycles. The van der Waals surface area contributed by atoms with Crippen molar-refractivity contribution in [3.63, 3.8) is 0 Å². The lowest BCUT2D eigenvalue weighted by Crippen LogP contribution is -2.49. The second kappa shape index (κ2) is 10.1. The van der Waals surface area contributed by atoms with Gasteiger partial charge in [-0.2, -0.15) is 8.42 Å². The quantitative estimate of drug-likeness (QED) is 0.458. The molecule has 8 heteroatoms. The highest BCUT2D eigenvalue weighted by molar-refractivity contribution is 7.90. The third-order valence-corrected chi connectivity index (χ3v) is 6.63. The molecule has 0 bridgehead atoms. The molecule has 0 aliphatic carbocycles. The number of piperazine rings is 1. The average molecular weight is 472 g/mol. The van der Waals surface area contributed by atoms with E-state index in [4.69, 9.17) is 0 Å².